The SMILES string of the molecule is CCCNC(Cc1ccc(F)cc1F)C(OCC)C(C)C. The third-order valence-electron chi connectivity index (χ3n) is 3.52. The van der Waals surface area contributed by atoms with E-state index in [4.69, 9.17) is 4.74 Å². The van der Waals surface area contributed by atoms with Gasteiger partial charge in [0.05, 0.1) is 6.10 Å². The highest BCUT2D eigenvalue weighted by Gasteiger charge is 2.25. The highest BCUT2D eigenvalue weighted by atomic mass is 19.1. The molecule has 0 saturated carbocycles. The van der Waals surface area contributed by atoms with Crippen molar-refractivity contribution in [1.82, 2.24) is 5.32 Å². The molecule has 0 aliphatic rings. The second kappa shape index (κ2) is 9.11. The molecule has 1 aromatic carbocycles. The van der Waals surface area contributed by atoms with E-state index in [0.717, 1.165) is 19.0 Å². The summed E-state index contributed by atoms with van der Waals surface area (Å²) in [5, 5.41) is 3.44. The van der Waals surface area contributed by atoms with Crippen molar-refractivity contribution in [2.45, 2.75) is 52.7 Å². The van der Waals surface area contributed by atoms with E-state index in [1.807, 2.05) is 6.92 Å². The average molecular weight is 299 g/mol. The van der Waals surface area contributed by atoms with Crippen molar-refractivity contribution in [3.63, 3.8) is 0 Å². The van der Waals surface area contributed by atoms with E-state index in [-0.39, 0.29) is 12.1 Å². The Morgan fingerprint density at radius 2 is 1.90 bits per heavy atom. The van der Waals surface area contributed by atoms with E-state index < -0.39 is 11.6 Å². The molecule has 120 valence electrons. The van der Waals surface area contributed by atoms with Crippen LogP contribution in [0.2, 0.25) is 0 Å². The number of rotatable bonds is 9. The van der Waals surface area contributed by atoms with Gasteiger partial charge in [-0.25, -0.2) is 8.78 Å². The van der Waals surface area contributed by atoms with Gasteiger partial charge in [0.15, 0.2) is 0 Å². The van der Waals surface area contributed by atoms with Crippen LogP contribution < -0.4 is 5.32 Å². The monoisotopic (exact) mass is 299 g/mol. The predicted molar refractivity (Wildman–Crippen MR) is 82.4 cm³/mol. The van der Waals surface area contributed by atoms with Crippen molar-refractivity contribution >= 4 is 0 Å². The van der Waals surface area contributed by atoms with E-state index in [1.165, 1.54) is 12.1 Å². The molecular formula is C17H27F2NO. The molecule has 4 heteroatoms. The first-order valence-electron chi connectivity index (χ1n) is 7.78. The fourth-order valence-electron chi connectivity index (χ4n) is 2.52. The van der Waals surface area contributed by atoms with Crippen molar-refractivity contribution < 1.29 is 13.5 Å². The van der Waals surface area contributed by atoms with Gasteiger partial charge >= 0.3 is 0 Å². The molecule has 1 N–H and O–H groups in total. The molecule has 2 unspecified atom stereocenters. The van der Waals surface area contributed by atoms with Gasteiger partial charge in [-0.2, -0.15) is 0 Å². The molecule has 0 fully saturated rings. The lowest BCUT2D eigenvalue weighted by Crippen LogP contribution is -2.46. The summed E-state index contributed by atoms with van der Waals surface area (Å²) in [5.41, 5.74) is 0.523. The zero-order chi connectivity index (χ0) is 15.8. The summed E-state index contributed by atoms with van der Waals surface area (Å²) in [4.78, 5) is 0. The maximum atomic E-state index is 13.9. The summed E-state index contributed by atoms with van der Waals surface area (Å²) in [7, 11) is 0. The van der Waals surface area contributed by atoms with Crippen molar-refractivity contribution in [3.05, 3.63) is 35.4 Å². The summed E-state index contributed by atoms with van der Waals surface area (Å²) in [6, 6.07) is 3.79. The fourth-order valence-corrected chi connectivity index (χ4v) is 2.52. The Kier molecular flexibility index (Phi) is 7.83. The molecule has 0 aromatic heterocycles. The van der Waals surface area contributed by atoms with Crippen LogP contribution in [0.3, 0.4) is 0 Å². The maximum absolute atomic E-state index is 13.9. The largest absolute Gasteiger partial charge is 0.377 e. The normalized spacial score (nSPS) is 14.4. The van der Waals surface area contributed by atoms with Crippen LogP contribution in [-0.2, 0) is 11.2 Å². The Hall–Kier alpha value is -1.00. The average Bonchev–Trinajstić information content (AvgIpc) is 2.43. The van der Waals surface area contributed by atoms with Gasteiger partial charge in [0.2, 0.25) is 0 Å². The molecule has 0 aliphatic heterocycles. The zero-order valence-electron chi connectivity index (χ0n) is 13.5. The Morgan fingerprint density at radius 3 is 2.43 bits per heavy atom. The Labute approximate surface area is 126 Å². The molecule has 0 aliphatic carbocycles. The molecule has 0 heterocycles. The van der Waals surface area contributed by atoms with Gasteiger partial charge in [-0.3, -0.25) is 0 Å². The van der Waals surface area contributed by atoms with Crippen LogP contribution in [0.25, 0.3) is 0 Å². The molecule has 1 aromatic rings. The Bertz CT molecular complexity index is 423. The number of halogens is 2. The van der Waals surface area contributed by atoms with Gasteiger partial charge in [-0.05, 0) is 43.9 Å². The zero-order valence-corrected chi connectivity index (χ0v) is 13.5. The molecule has 1 rings (SSSR count). The van der Waals surface area contributed by atoms with E-state index in [9.17, 15) is 8.78 Å². The lowest BCUT2D eigenvalue weighted by atomic mass is 9.93. The summed E-state index contributed by atoms with van der Waals surface area (Å²) in [6.45, 7) is 9.73. The van der Waals surface area contributed by atoms with Crippen LogP contribution >= 0.6 is 0 Å². The van der Waals surface area contributed by atoms with Gasteiger partial charge in [0, 0.05) is 18.7 Å². The highest BCUT2D eigenvalue weighted by molar-refractivity contribution is 5.20. The van der Waals surface area contributed by atoms with Crippen LogP contribution in [0, 0.1) is 17.6 Å². The predicted octanol–water partition coefficient (Wildman–Crippen LogP) is 3.94. The summed E-state index contributed by atoms with van der Waals surface area (Å²) < 4.78 is 32.7. The van der Waals surface area contributed by atoms with Gasteiger partial charge in [-0.1, -0.05) is 26.8 Å². The third-order valence-corrected chi connectivity index (χ3v) is 3.52. The topological polar surface area (TPSA) is 21.3 Å². The molecule has 0 bridgehead atoms. The van der Waals surface area contributed by atoms with Crippen LogP contribution in [0.15, 0.2) is 18.2 Å². The standard InChI is InChI=1S/C17H27F2NO/c1-5-9-20-16(17(12(3)4)21-6-2)10-13-7-8-14(18)11-15(13)19/h7-8,11-12,16-17,20H,5-6,9-10H2,1-4H3. The van der Waals surface area contributed by atoms with E-state index in [2.05, 4.69) is 26.1 Å². The quantitative estimate of drug-likeness (QED) is 0.746. The van der Waals surface area contributed by atoms with Crippen molar-refractivity contribution in [2.24, 2.45) is 5.92 Å². The van der Waals surface area contributed by atoms with Crippen LogP contribution in [0.1, 0.15) is 39.7 Å². The van der Waals surface area contributed by atoms with Crippen molar-refractivity contribution in [2.75, 3.05) is 13.2 Å². The van der Waals surface area contributed by atoms with Crippen molar-refractivity contribution in [1.29, 1.82) is 0 Å². The molecule has 0 saturated heterocycles. The molecule has 0 amide bonds. The van der Waals surface area contributed by atoms with E-state index in [1.54, 1.807) is 0 Å². The minimum atomic E-state index is -0.542. The molecule has 0 spiro atoms. The molecule has 0 radical (unpaired) electrons. The minimum Gasteiger partial charge on any atom is -0.377 e. The number of ether oxygens (including phenoxy) is 1. The van der Waals surface area contributed by atoms with E-state index >= 15 is 0 Å². The molecule has 2 atom stereocenters. The number of benzene rings is 1. The maximum Gasteiger partial charge on any atom is 0.129 e. The summed E-state index contributed by atoms with van der Waals surface area (Å²) >= 11 is 0. The first-order valence-corrected chi connectivity index (χ1v) is 7.78. The van der Waals surface area contributed by atoms with Crippen LogP contribution in [0.5, 0.6) is 0 Å². The summed E-state index contributed by atoms with van der Waals surface area (Å²) in [6.07, 6.45) is 1.50. The number of hydrogen-bond acceptors (Lipinski definition) is 2. The third kappa shape index (κ3) is 5.71. The Balaban J connectivity index is 2.89. The lowest BCUT2D eigenvalue weighted by molar-refractivity contribution is 0.00345. The van der Waals surface area contributed by atoms with Gasteiger partial charge in [-0.15, -0.1) is 0 Å². The van der Waals surface area contributed by atoms with E-state index in [0.29, 0.717) is 24.5 Å². The summed E-state index contributed by atoms with van der Waals surface area (Å²) in [5.74, 6) is -0.709. The Morgan fingerprint density at radius 1 is 1.19 bits per heavy atom. The van der Waals surface area contributed by atoms with Gasteiger partial charge in [0.25, 0.3) is 0 Å². The van der Waals surface area contributed by atoms with Crippen molar-refractivity contribution in [3.8, 4) is 0 Å². The minimum absolute atomic E-state index is 0.00556. The number of nitrogens with one attached hydrogen (secondary N) is 1. The molecule has 21 heavy (non-hydrogen) atoms. The smallest absolute Gasteiger partial charge is 0.129 e. The first-order chi connectivity index (χ1) is 9.99. The van der Waals surface area contributed by atoms with Gasteiger partial charge in [0.1, 0.15) is 11.6 Å². The first kappa shape index (κ1) is 18.1. The van der Waals surface area contributed by atoms with Crippen LogP contribution in [0.4, 0.5) is 8.78 Å². The second-order valence-corrected chi connectivity index (χ2v) is 5.66. The molecular weight excluding hydrogens is 272 g/mol. The number of hydrogen-bond donors (Lipinski definition) is 1. The second-order valence-electron chi connectivity index (χ2n) is 5.66. The fraction of sp³-hybridized carbons (Fsp3) is 0.647. The lowest BCUT2D eigenvalue weighted by Gasteiger charge is -2.31. The highest BCUT2D eigenvalue weighted by Crippen LogP contribution is 2.18. The van der Waals surface area contributed by atoms with Crippen LogP contribution in [-0.4, -0.2) is 25.3 Å². The molecule has 2 nitrogen and oxygen atoms in total. The van der Waals surface area contributed by atoms with Gasteiger partial charge < -0.3 is 10.1 Å².